The van der Waals surface area contributed by atoms with E-state index in [0.717, 1.165) is 39.3 Å². The van der Waals surface area contributed by atoms with Crippen molar-refractivity contribution in [1.82, 2.24) is 14.8 Å². The van der Waals surface area contributed by atoms with Crippen LogP contribution in [0.2, 0.25) is 0 Å². The Hall–Kier alpha value is -1.63. The first-order valence-corrected chi connectivity index (χ1v) is 6.88. The van der Waals surface area contributed by atoms with E-state index in [1.54, 1.807) is 18.4 Å². The number of hydrogen-bond acceptors (Lipinski definition) is 4. The highest BCUT2D eigenvalue weighted by molar-refractivity contribution is 5.77. The van der Waals surface area contributed by atoms with Crippen LogP contribution in [0.25, 0.3) is 0 Å². The number of carbonyl (C=O) groups excluding carboxylic acids is 1. The fraction of sp³-hybridized carbons (Fsp3) is 0.500. The SMILES string of the molecule is C=C1C=CC=CN1C(=O)N(N)CCCN1CCOCC1. The highest BCUT2D eigenvalue weighted by Crippen LogP contribution is 2.12. The second-order valence-corrected chi connectivity index (χ2v) is 4.85. The molecule has 2 aliphatic heterocycles. The van der Waals surface area contributed by atoms with Crippen LogP contribution in [-0.2, 0) is 4.74 Å². The first kappa shape index (κ1) is 14.8. The molecule has 110 valence electrons. The molecule has 0 radical (unpaired) electrons. The van der Waals surface area contributed by atoms with Gasteiger partial charge in [0.15, 0.2) is 0 Å². The maximum atomic E-state index is 12.1. The number of nitrogens with two attached hydrogens (primary N) is 1. The van der Waals surface area contributed by atoms with Crippen LogP contribution in [0.1, 0.15) is 6.42 Å². The Morgan fingerprint density at radius 2 is 2.15 bits per heavy atom. The molecule has 2 rings (SSSR count). The van der Waals surface area contributed by atoms with Crippen LogP contribution >= 0.6 is 0 Å². The van der Waals surface area contributed by atoms with E-state index in [-0.39, 0.29) is 6.03 Å². The number of amides is 2. The van der Waals surface area contributed by atoms with Crippen molar-refractivity contribution in [3.8, 4) is 0 Å². The molecule has 0 aromatic heterocycles. The van der Waals surface area contributed by atoms with E-state index < -0.39 is 0 Å². The predicted molar refractivity (Wildman–Crippen MR) is 77.4 cm³/mol. The van der Waals surface area contributed by atoms with Crippen molar-refractivity contribution < 1.29 is 9.53 Å². The summed E-state index contributed by atoms with van der Waals surface area (Å²) in [4.78, 5) is 15.9. The highest BCUT2D eigenvalue weighted by atomic mass is 16.5. The van der Waals surface area contributed by atoms with Gasteiger partial charge in [-0.05, 0) is 18.6 Å². The topological polar surface area (TPSA) is 62.0 Å². The number of hydrazine groups is 1. The van der Waals surface area contributed by atoms with Gasteiger partial charge in [0.25, 0.3) is 0 Å². The van der Waals surface area contributed by atoms with Crippen molar-refractivity contribution in [2.24, 2.45) is 5.84 Å². The van der Waals surface area contributed by atoms with Gasteiger partial charge in [-0.15, -0.1) is 0 Å². The Morgan fingerprint density at radius 3 is 2.85 bits per heavy atom. The molecule has 0 saturated carbocycles. The van der Waals surface area contributed by atoms with E-state index in [1.165, 1.54) is 9.91 Å². The summed E-state index contributed by atoms with van der Waals surface area (Å²) < 4.78 is 5.30. The second-order valence-electron chi connectivity index (χ2n) is 4.85. The van der Waals surface area contributed by atoms with Gasteiger partial charge in [0.05, 0.1) is 13.2 Å². The van der Waals surface area contributed by atoms with Gasteiger partial charge in [0.2, 0.25) is 0 Å². The minimum Gasteiger partial charge on any atom is -0.379 e. The van der Waals surface area contributed by atoms with E-state index >= 15 is 0 Å². The lowest BCUT2D eigenvalue weighted by molar-refractivity contribution is 0.0364. The van der Waals surface area contributed by atoms with Crippen molar-refractivity contribution in [2.75, 3.05) is 39.4 Å². The second kappa shape index (κ2) is 7.23. The van der Waals surface area contributed by atoms with Crippen LogP contribution in [0.4, 0.5) is 4.79 Å². The first-order chi connectivity index (χ1) is 9.68. The number of ether oxygens (including phenoxy) is 1. The van der Waals surface area contributed by atoms with Gasteiger partial charge in [0, 0.05) is 38.1 Å². The lowest BCUT2D eigenvalue weighted by Gasteiger charge is -2.29. The third kappa shape index (κ3) is 3.93. The van der Waals surface area contributed by atoms with E-state index in [2.05, 4.69) is 11.5 Å². The monoisotopic (exact) mass is 278 g/mol. The number of urea groups is 1. The van der Waals surface area contributed by atoms with E-state index in [0.29, 0.717) is 12.2 Å². The van der Waals surface area contributed by atoms with Crippen molar-refractivity contribution in [1.29, 1.82) is 0 Å². The molecule has 2 N–H and O–H groups in total. The molecule has 6 nitrogen and oxygen atoms in total. The molecule has 2 aliphatic rings. The summed E-state index contributed by atoms with van der Waals surface area (Å²) in [5.74, 6) is 5.83. The molecule has 20 heavy (non-hydrogen) atoms. The molecule has 6 heteroatoms. The summed E-state index contributed by atoms with van der Waals surface area (Å²) in [6.07, 6.45) is 7.92. The van der Waals surface area contributed by atoms with Gasteiger partial charge in [-0.3, -0.25) is 14.8 Å². The van der Waals surface area contributed by atoms with Crippen molar-refractivity contribution in [3.63, 3.8) is 0 Å². The van der Waals surface area contributed by atoms with Crippen molar-refractivity contribution in [3.05, 3.63) is 36.7 Å². The number of allylic oxidation sites excluding steroid dienone is 3. The normalized spacial score (nSPS) is 19.4. The molecular weight excluding hydrogens is 256 g/mol. The van der Waals surface area contributed by atoms with Gasteiger partial charge in [-0.25, -0.2) is 10.6 Å². The molecule has 0 atom stereocenters. The van der Waals surface area contributed by atoms with Crippen LogP contribution < -0.4 is 5.84 Å². The van der Waals surface area contributed by atoms with Crippen LogP contribution in [0.15, 0.2) is 36.7 Å². The zero-order chi connectivity index (χ0) is 14.4. The molecule has 0 unspecified atom stereocenters. The molecule has 0 aromatic rings. The Labute approximate surface area is 119 Å². The van der Waals surface area contributed by atoms with Gasteiger partial charge in [-0.2, -0.15) is 0 Å². The largest absolute Gasteiger partial charge is 0.379 e. The van der Waals surface area contributed by atoms with Crippen LogP contribution in [-0.4, -0.2) is 60.2 Å². The van der Waals surface area contributed by atoms with Crippen molar-refractivity contribution in [2.45, 2.75) is 6.42 Å². The van der Waals surface area contributed by atoms with Gasteiger partial charge in [-0.1, -0.05) is 12.7 Å². The Balaban J connectivity index is 1.72. The summed E-state index contributed by atoms with van der Waals surface area (Å²) in [5.41, 5.74) is 0.626. The number of hydrogen-bond donors (Lipinski definition) is 1. The minimum atomic E-state index is -0.252. The third-order valence-electron chi connectivity index (χ3n) is 3.37. The van der Waals surface area contributed by atoms with E-state index in [1.807, 2.05) is 6.08 Å². The number of rotatable bonds is 4. The van der Waals surface area contributed by atoms with Crippen LogP contribution in [0.5, 0.6) is 0 Å². The Bertz CT molecular complexity index is 413. The quantitative estimate of drug-likeness (QED) is 0.471. The van der Waals surface area contributed by atoms with Crippen molar-refractivity contribution >= 4 is 6.03 Å². The highest BCUT2D eigenvalue weighted by Gasteiger charge is 2.19. The average molecular weight is 278 g/mol. The fourth-order valence-electron chi connectivity index (χ4n) is 2.19. The zero-order valence-corrected chi connectivity index (χ0v) is 11.7. The summed E-state index contributed by atoms with van der Waals surface area (Å²) in [6.45, 7) is 8.75. The number of nitrogens with zero attached hydrogens (tertiary/aromatic N) is 3. The lowest BCUT2D eigenvalue weighted by Crippen LogP contribution is -2.46. The molecule has 0 aromatic carbocycles. The molecule has 1 saturated heterocycles. The summed E-state index contributed by atoms with van der Waals surface area (Å²) in [7, 11) is 0. The summed E-state index contributed by atoms with van der Waals surface area (Å²) >= 11 is 0. The number of morpholine rings is 1. The Morgan fingerprint density at radius 1 is 1.40 bits per heavy atom. The zero-order valence-electron chi connectivity index (χ0n) is 11.7. The van der Waals surface area contributed by atoms with Crippen LogP contribution in [0.3, 0.4) is 0 Å². The molecule has 0 aliphatic carbocycles. The minimum absolute atomic E-state index is 0.252. The summed E-state index contributed by atoms with van der Waals surface area (Å²) in [6, 6.07) is -0.252. The molecular formula is C14H22N4O2. The first-order valence-electron chi connectivity index (χ1n) is 6.88. The lowest BCUT2D eigenvalue weighted by atomic mass is 10.3. The smallest absolute Gasteiger partial charge is 0.342 e. The molecule has 2 amide bonds. The van der Waals surface area contributed by atoms with Gasteiger partial charge >= 0.3 is 6.03 Å². The molecule has 1 fully saturated rings. The third-order valence-corrected chi connectivity index (χ3v) is 3.37. The predicted octanol–water partition coefficient (Wildman–Crippen LogP) is 0.904. The van der Waals surface area contributed by atoms with E-state index in [9.17, 15) is 4.79 Å². The molecule has 2 heterocycles. The Kier molecular flexibility index (Phi) is 5.34. The molecule has 0 spiro atoms. The maximum absolute atomic E-state index is 12.1. The van der Waals surface area contributed by atoms with Crippen LogP contribution in [0, 0.1) is 0 Å². The number of carbonyl (C=O) groups is 1. The van der Waals surface area contributed by atoms with Gasteiger partial charge in [0.1, 0.15) is 0 Å². The fourth-order valence-corrected chi connectivity index (χ4v) is 2.19. The molecule has 0 bridgehead atoms. The van der Waals surface area contributed by atoms with Gasteiger partial charge < -0.3 is 4.74 Å². The average Bonchev–Trinajstić information content (AvgIpc) is 2.48. The maximum Gasteiger partial charge on any atom is 0.342 e. The van der Waals surface area contributed by atoms with E-state index in [4.69, 9.17) is 10.6 Å². The standard InChI is InChI=1S/C14H22N4O2/c1-13-5-2-3-7-17(13)14(19)18(15)8-4-6-16-9-11-20-12-10-16/h2-3,5,7H,1,4,6,8-12,15H2. The summed E-state index contributed by atoms with van der Waals surface area (Å²) in [5, 5.41) is 1.25.